The van der Waals surface area contributed by atoms with Gasteiger partial charge in [-0.2, -0.15) is 0 Å². The van der Waals surface area contributed by atoms with E-state index < -0.39 is 0 Å². The van der Waals surface area contributed by atoms with E-state index in [0.29, 0.717) is 12.0 Å². The van der Waals surface area contributed by atoms with Crippen molar-refractivity contribution in [2.24, 2.45) is 11.8 Å². The first kappa shape index (κ1) is 9.97. The molecule has 2 rings (SSSR count). The molecular weight excluding hydrogens is 180 g/mol. The average Bonchev–Trinajstić information content (AvgIpc) is 2.27. The van der Waals surface area contributed by atoms with Gasteiger partial charge in [-0.1, -0.05) is 0 Å². The van der Waals surface area contributed by atoms with Crippen LogP contribution in [0.4, 0.5) is 0 Å². The molecule has 0 radical (unpaired) electrons. The summed E-state index contributed by atoms with van der Waals surface area (Å²) in [6.45, 7) is 0.870. The van der Waals surface area contributed by atoms with E-state index in [1.54, 1.807) is 0 Å². The molecule has 3 unspecified atom stereocenters. The fourth-order valence-electron chi connectivity index (χ4n) is 2.69. The van der Waals surface area contributed by atoms with E-state index >= 15 is 0 Å². The molecule has 1 aliphatic carbocycles. The number of hydrogen-bond acceptors (Lipinski definition) is 3. The maximum atomic E-state index is 11.4. The standard InChI is InChI=1S/C11H18O3/c1-13-11(12)9-5-4-8-3-2-6-14-10(8)7-9/h8-10H,2-7H2,1H3. The molecule has 1 saturated carbocycles. The summed E-state index contributed by atoms with van der Waals surface area (Å²) >= 11 is 0. The van der Waals surface area contributed by atoms with Gasteiger partial charge < -0.3 is 9.47 Å². The Kier molecular flexibility index (Phi) is 3.06. The number of rotatable bonds is 1. The Morgan fingerprint density at radius 3 is 3.00 bits per heavy atom. The van der Waals surface area contributed by atoms with Crippen LogP contribution in [0.25, 0.3) is 0 Å². The Morgan fingerprint density at radius 2 is 2.21 bits per heavy atom. The molecular formula is C11H18O3. The van der Waals surface area contributed by atoms with E-state index in [9.17, 15) is 4.79 Å². The zero-order valence-electron chi connectivity index (χ0n) is 8.70. The smallest absolute Gasteiger partial charge is 0.308 e. The highest BCUT2D eigenvalue weighted by Gasteiger charge is 2.36. The van der Waals surface area contributed by atoms with Gasteiger partial charge in [-0.05, 0) is 38.0 Å². The number of carbonyl (C=O) groups excluding carboxylic acids is 1. The van der Waals surface area contributed by atoms with Gasteiger partial charge in [0.25, 0.3) is 0 Å². The molecule has 0 bridgehead atoms. The van der Waals surface area contributed by atoms with E-state index in [1.807, 2.05) is 0 Å². The van der Waals surface area contributed by atoms with Gasteiger partial charge in [-0.25, -0.2) is 0 Å². The van der Waals surface area contributed by atoms with Crippen LogP contribution in [0.5, 0.6) is 0 Å². The van der Waals surface area contributed by atoms with Crippen molar-refractivity contribution in [1.29, 1.82) is 0 Å². The lowest BCUT2D eigenvalue weighted by atomic mass is 9.77. The van der Waals surface area contributed by atoms with Crippen molar-refractivity contribution in [3.8, 4) is 0 Å². The van der Waals surface area contributed by atoms with Crippen molar-refractivity contribution in [3.63, 3.8) is 0 Å². The molecule has 0 spiro atoms. The van der Waals surface area contributed by atoms with Crippen LogP contribution in [0, 0.1) is 11.8 Å². The molecule has 3 atom stereocenters. The second-order valence-electron chi connectivity index (χ2n) is 4.34. The van der Waals surface area contributed by atoms with Gasteiger partial charge in [0.2, 0.25) is 0 Å². The van der Waals surface area contributed by atoms with Gasteiger partial charge in [0, 0.05) is 6.61 Å². The summed E-state index contributed by atoms with van der Waals surface area (Å²) < 4.78 is 10.5. The fourth-order valence-corrected chi connectivity index (χ4v) is 2.69. The van der Waals surface area contributed by atoms with Crippen LogP contribution in [-0.4, -0.2) is 25.8 Å². The summed E-state index contributed by atoms with van der Waals surface area (Å²) in [5.74, 6) is 0.724. The number of hydrogen-bond donors (Lipinski definition) is 0. The van der Waals surface area contributed by atoms with E-state index in [1.165, 1.54) is 20.0 Å². The predicted octanol–water partition coefficient (Wildman–Crippen LogP) is 1.75. The van der Waals surface area contributed by atoms with Gasteiger partial charge >= 0.3 is 5.97 Å². The Morgan fingerprint density at radius 1 is 1.36 bits per heavy atom. The lowest BCUT2D eigenvalue weighted by molar-refractivity contribution is -0.151. The largest absolute Gasteiger partial charge is 0.469 e. The molecule has 1 heterocycles. The third-order valence-electron chi connectivity index (χ3n) is 3.51. The van der Waals surface area contributed by atoms with Crippen molar-refractivity contribution >= 4 is 5.97 Å². The number of fused-ring (bicyclic) bond motifs is 1. The Balaban J connectivity index is 1.92. The van der Waals surface area contributed by atoms with Gasteiger partial charge in [0.15, 0.2) is 0 Å². The Bertz CT molecular complexity index is 215. The zero-order chi connectivity index (χ0) is 9.97. The van der Waals surface area contributed by atoms with Crippen molar-refractivity contribution < 1.29 is 14.3 Å². The number of ether oxygens (including phenoxy) is 2. The highest BCUT2D eigenvalue weighted by atomic mass is 16.5. The third-order valence-corrected chi connectivity index (χ3v) is 3.51. The summed E-state index contributed by atoms with van der Waals surface area (Å²) in [5, 5.41) is 0. The molecule has 0 N–H and O–H groups in total. The van der Waals surface area contributed by atoms with Crippen molar-refractivity contribution in [2.75, 3.05) is 13.7 Å². The second kappa shape index (κ2) is 4.30. The normalized spacial score (nSPS) is 37.4. The third kappa shape index (κ3) is 1.92. The maximum absolute atomic E-state index is 11.4. The SMILES string of the molecule is COC(=O)C1CCC2CCCOC2C1. The Labute approximate surface area is 84.8 Å². The molecule has 1 saturated heterocycles. The molecule has 0 aromatic rings. The molecule has 14 heavy (non-hydrogen) atoms. The van der Waals surface area contributed by atoms with Gasteiger partial charge in [0.1, 0.15) is 0 Å². The monoisotopic (exact) mass is 198 g/mol. The summed E-state index contributed by atoms with van der Waals surface area (Å²) in [5.41, 5.74) is 0. The quantitative estimate of drug-likeness (QED) is 0.602. The van der Waals surface area contributed by atoms with Crippen molar-refractivity contribution in [2.45, 2.75) is 38.2 Å². The van der Waals surface area contributed by atoms with Crippen LogP contribution in [0.2, 0.25) is 0 Å². The molecule has 80 valence electrons. The minimum absolute atomic E-state index is 0.0578. The summed E-state index contributed by atoms with van der Waals surface area (Å²) in [4.78, 5) is 11.4. The minimum atomic E-state index is -0.0578. The zero-order valence-corrected chi connectivity index (χ0v) is 8.70. The average molecular weight is 198 g/mol. The molecule has 2 fully saturated rings. The van der Waals surface area contributed by atoms with Crippen LogP contribution in [0.15, 0.2) is 0 Å². The Hall–Kier alpha value is -0.570. The first-order valence-corrected chi connectivity index (χ1v) is 5.50. The van der Waals surface area contributed by atoms with Gasteiger partial charge in [0.05, 0.1) is 19.1 Å². The second-order valence-corrected chi connectivity index (χ2v) is 4.34. The topological polar surface area (TPSA) is 35.5 Å². The van der Waals surface area contributed by atoms with E-state index in [0.717, 1.165) is 25.9 Å². The van der Waals surface area contributed by atoms with Gasteiger partial charge in [-0.3, -0.25) is 4.79 Å². The molecule has 1 aliphatic heterocycles. The first-order valence-electron chi connectivity index (χ1n) is 5.50. The highest BCUT2D eigenvalue weighted by Crippen LogP contribution is 2.36. The van der Waals surface area contributed by atoms with Crippen molar-refractivity contribution in [1.82, 2.24) is 0 Å². The predicted molar refractivity (Wildman–Crippen MR) is 51.8 cm³/mol. The van der Waals surface area contributed by atoms with E-state index in [-0.39, 0.29) is 11.9 Å². The number of methoxy groups -OCH3 is 1. The van der Waals surface area contributed by atoms with Crippen LogP contribution in [0.3, 0.4) is 0 Å². The first-order chi connectivity index (χ1) is 6.81. The molecule has 3 heteroatoms. The highest BCUT2D eigenvalue weighted by molar-refractivity contribution is 5.72. The van der Waals surface area contributed by atoms with Crippen LogP contribution in [-0.2, 0) is 14.3 Å². The van der Waals surface area contributed by atoms with Crippen LogP contribution in [0.1, 0.15) is 32.1 Å². The molecule has 0 aromatic carbocycles. The van der Waals surface area contributed by atoms with Crippen molar-refractivity contribution in [3.05, 3.63) is 0 Å². The summed E-state index contributed by atoms with van der Waals surface area (Å²) in [7, 11) is 1.47. The fraction of sp³-hybridized carbons (Fsp3) is 0.909. The summed E-state index contributed by atoms with van der Waals surface area (Å²) in [6.07, 6.45) is 5.77. The number of carbonyl (C=O) groups is 1. The molecule has 2 aliphatic rings. The van der Waals surface area contributed by atoms with E-state index in [4.69, 9.17) is 9.47 Å². The molecule has 3 nitrogen and oxygen atoms in total. The van der Waals surface area contributed by atoms with Crippen LogP contribution < -0.4 is 0 Å². The van der Waals surface area contributed by atoms with E-state index in [2.05, 4.69) is 0 Å². The lowest BCUT2D eigenvalue weighted by Crippen LogP contribution is -2.38. The molecule has 0 aromatic heterocycles. The maximum Gasteiger partial charge on any atom is 0.308 e. The summed E-state index contributed by atoms with van der Waals surface area (Å²) in [6, 6.07) is 0. The lowest BCUT2D eigenvalue weighted by Gasteiger charge is -2.38. The van der Waals surface area contributed by atoms with Crippen LogP contribution >= 0.6 is 0 Å². The minimum Gasteiger partial charge on any atom is -0.469 e. The molecule has 0 amide bonds. The van der Waals surface area contributed by atoms with Gasteiger partial charge in [-0.15, -0.1) is 0 Å². The number of esters is 1.